The van der Waals surface area contributed by atoms with Crippen LogP contribution in [0.25, 0.3) is 0 Å². The number of rotatable bonds is 1. The van der Waals surface area contributed by atoms with Crippen LogP contribution in [0.2, 0.25) is 0 Å². The standard InChI is InChI=1S/C16H24O3/c1-10-6-5-8-16-9-7-12(17)13(15(10,16)3)11(2)14(18-4)19-16/h5,8,10-11,13-14H,6-7,9H2,1-4H3/t10-,11+,13-,14+,15-,16+/m0/s1. The summed E-state index contributed by atoms with van der Waals surface area (Å²) in [6, 6.07) is 0. The fraction of sp³-hybridized carbons (Fsp3) is 0.812. The van der Waals surface area contributed by atoms with Crippen molar-refractivity contribution in [1.82, 2.24) is 0 Å². The number of methoxy groups -OCH3 is 1. The van der Waals surface area contributed by atoms with Crippen LogP contribution in [0, 0.1) is 23.2 Å². The second kappa shape index (κ2) is 4.16. The van der Waals surface area contributed by atoms with Crippen molar-refractivity contribution in [2.75, 3.05) is 7.11 Å². The van der Waals surface area contributed by atoms with Crippen LogP contribution in [0.4, 0.5) is 0 Å². The predicted octanol–water partition coefficient (Wildman–Crippen LogP) is 2.95. The molecule has 3 heteroatoms. The fourth-order valence-corrected chi connectivity index (χ4v) is 4.82. The molecule has 106 valence electrons. The van der Waals surface area contributed by atoms with E-state index in [0.717, 1.165) is 12.8 Å². The van der Waals surface area contributed by atoms with Crippen LogP contribution in [0.1, 0.15) is 40.0 Å². The van der Waals surface area contributed by atoms with Gasteiger partial charge in [0.15, 0.2) is 6.29 Å². The Hall–Kier alpha value is -0.670. The lowest BCUT2D eigenvalue weighted by atomic mass is 9.47. The van der Waals surface area contributed by atoms with Crippen LogP contribution in [0.3, 0.4) is 0 Å². The van der Waals surface area contributed by atoms with Crippen LogP contribution in [0.15, 0.2) is 12.2 Å². The Kier molecular flexibility index (Phi) is 2.92. The lowest BCUT2D eigenvalue weighted by molar-refractivity contribution is -0.313. The number of carbonyl (C=O) groups is 1. The number of hydrogen-bond donors (Lipinski definition) is 0. The Morgan fingerprint density at radius 2 is 2.16 bits per heavy atom. The van der Waals surface area contributed by atoms with E-state index in [1.807, 2.05) is 0 Å². The van der Waals surface area contributed by atoms with Gasteiger partial charge in [0, 0.05) is 30.8 Å². The van der Waals surface area contributed by atoms with E-state index >= 15 is 0 Å². The first-order chi connectivity index (χ1) is 8.96. The molecule has 1 heterocycles. The third kappa shape index (κ3) is 1.49. The molecule has 19 heavy (non-hydrogen) atoms. The van der Waals surface area contributed by atoms with Crippen molar-refractivity contribution < 1.29 is 14.3 Å². The first kappa shape index (κ1) is 13.3. The molecule has 0 radical (unpaired) electrons. The Bertz CT molecular complexity index is 430. The Morgan fingerprint density at radius 1 is 1.42 bits per heavy atom. The summed E-state index contributed by atoms with van der Waals surface area (Å²) in [6.07, 6.45) is 6.64. The Balaban J connectivity index is 2.15. The first-order valence-corrected chi connectivity index (χ1v) is 7.37. The van der Waals surface area contributed by atoms with Gasteiger partial charge in [0.05, 0.1) is 5.60 Å². The monoisotopic (exact) mass is 264 g/mol. The van der Waals surface area contributed by atoms with Gasteiger partial charge in [-0.3, -0.25) is 4.79 Å². The van der Waals surface area contributed by atoms with Crippen LogP contribution in [-0.4, -0.2) is 24.8 Å². The third-order valence-electron chi connectivity index (χ3n) is 6.06. The maximum absolute atomic E-state index is 12.5. The molecule has 6 atom stereocenters. The molecular weight excluding hydrogens is 240 g/mol. The van der Waals surface area contributed by atoms with Gasteiger partial charge >= 0.3 is 0 Å². The largest absolute Gasteiger partial charge is 0.356 e. The summed E-state index contributed by atoms with van der Waals surface area (Å²) in [5.41, 5.74) is -0.401. The van der Waals surface area contributed by atoms with Crippen LogP contribution < -0.4 is 0 Å². The number of Topliss-reactive ketones (excluding diaryl/α,β-unsaturated/α-hetero) is 1. The maximum atomic E-state index is 12.5. The summed E-state index contributed by atoms with van der Waals surface area (Å²) in [7, 11) is 1.68. The van der Waals surface area contributed by atoms with E-state index in [-0.39, 0.29) is 29.1 Å². The van der Waals surface area contributed by atoms with Crippen molar-refractivity contribution in [1.29, 1.82) is 0 Å². The second-order valence-electron chi connectivity index (χ2n) is 6.74. The first-order valence-electron chi connectivity index (χ1n) is 7.37. The lowest BCUT2D eigenvalue weighted by Gasteiger charge is -2.64. The summed E-state index contributed by atoms with van der Waals surface area (Å²) in [4.78, 5) is 12.5. The van der Waals surface area contributed by atoms with Crippen molar-refractivity contribution in [2.45, 2.75) is 51.9 Å². The minimum absolute atomic E-state index is 0.0555. The molecule has 0 amide bonds. The molecule has 3 nitrogen and oxygen atoms in total. The van der Waals surface area contributed by atoms with Crippen molar-refractivity contribution in [3.8, 4) is 0 Å². The Morgan fingerprint density at radius 3 is 2.84 bits per heavy atom. The van der Waals surface area contributed by atoms with E-state index in [1.54, 1.807) is 7.11 Å². The SMILES string of the molecule is CO[C@@H]1O[C@@]23C=CC[C@H](C)[C@@]2(C)[C@H](C(=O)CC3)[C@H]1C. The van der Waals surface area contributed by atoms with E-state index in [2.05, 4.69) is 32.9 Å². The molecule has 1 aliphatic heterocycles. The summed E-state index contributed by atoms with van der Waals surface area (Å²) in [5, 5.41) is 0. The van der Waals surface area contributed by atoms with E-state index in [0.29, 0.717) is 18.1 Å². The highest BCUT2D eigenvalue weighted by Crippen LogP contribution is 2.62. The normalized spacial score (nSPS) is 52.9. The average molecular weight is 264 g/mol. The Labute approximate surface area is 115 Å². The highest BCUT2D eigenvalue weighted by atomic mass is 16.7. The molecule has 0 unspecified atom stereocenters. The van der Waals surface area contributed by atoms with Gasteiger partial charge in [-0.1, -0.05) is 32.9 Å². The van der Waals surface area contributed by atoms with Gasteiger partial charge in [0.25, 0.3) is 0 Å². The average Bonchev–Trinajstić information content (AvgIpc) is 2.37. The van der Waals surface area contributed by atoms with Gasteiger partial charge in [-0.15, -0.1) is 0 Å². The van der Waals surface area contributed by atoms with E-state index in [4.69, 9.17) is 9.47 Å². The molecule has 2 bridgehead atoms. The molecule has 0 aromatic carbocycles. The molecule has 0 N–H and O–H groups in total. The number of ketones is 1. The summed E-state index contributed by atoms with van der Waals surface area (Å²) in [6.45, 7) is 6.61. The molecule has 3 aliphatic rings. The smallest absolute Gasteiger partial charge is 0.161 e. The quantitative estimate of drug-likeness (QED) is 0.683. The third-order valence-corrected chi connectivity index (χ3v) is 6.06. The highest BCUT2D eigenvalue weighted by Gasteiger charge is 2.66. The van der Waals surface area contributed by atoms with Crippen LogP contribution >= 0.6 is 0 Å². The fourth-order valence-electron chi connectivity index (χ4n) is 4.82. The summed E-state index contributed by atoms with van der Waals surface area (Å²) in [5.74, 6) is 1.05. The van der Waals surface area contributed by atoms with Gasteiger partial charge in [0.2, 0.25) is 0 Å². The topological polar surface area (TPSA) is 35.5 Å². The van der Waals surface area contributed by atoms with E-state index in [1.165, 1.54) is 0 Å². The molecule has 3 rings (SSSR count). The number of ether oxygens (including phenoxy) is 2. The molecule has 0 spiro atoms. The minimum Gasteiger partial charge on any atom is -0.356 e. The summed E-state index contributed by atoms with van der Waals surface area (Å²) >= 11 is 0. The number of carbonyl (C=O) groups excluding carboxylic acids is 1. The van der Waals surface area contributed by atoms with Crippen LogP contribution in [-0.2, 0) is 14.3 Å². The molecule has 0 aromatic heterocycles. The van der Waals surface area contributed by atoms with Gasteiger partial charge in [-0.25, -0.2) is 0 Å². The van der Waals surface area contributed by atoms with Gasteiger partial charge in [0.1, 0.15) is 5.78 Å². The number of hydrogen-bond acceptors (Lipinski definition) is 3. The van der Waals surface area contributed by atoms with Gasteiger partial charge < -0.3 is 9.47 Å². The minimum atomic E-state index is -0.309. The van der Waals surface area contributed by atoms with E-state index < -0.39 is 0 Å². The zero-order valence-corrected chi connectivity index (χ0v) is 12.3. The lowest BCUT2D eigenvalue weighted by Crippen LogP contribution is -2.68. The van der Waals surface area contributed by atoms with Crippen LogP contribution in [0.5, 0.6) is 0 Å². The van der Waals surface area contributed by atoms with Crippen molar-refractivity contribution in [3.63, 3.8) is 0 Å². The van der Waals surface area contributed by atoms with Gasteiger partial charge in [-0.2, -0.15) is 0 Å². The van der Waals surface area contributed by atoms with E-state index in [9.17, 15) is 4.79 Å². The predicted molar refractivity (Wildman–Crippen MR) is 72.5 cm³/mol. The molecular formula is C16H24O3. The zero-order chi connectivity index (χ0) is 13.8. The van der Waals surface area contributed by atoms with Crippen molar-refractivity contribution in [3.05, 3.63) is 12.2 Å². The second-order valence-corrected chi connectivity index (χ2v) is 6.74. The molecule has 1 saturated carbocycles. The zero-order valence-electron chi connectivity index (χ0n) is 12.3. The molecule has 2 fully saturated rings. The molecule has 2 aliphatic carbocycles. The highest BCUT2D eigenvalue weighted by molar-refractivity contribution is 5.84. The maximum Gasteiger partial charge on any atom is 0.161 e. The molecule has 0 aromatic rings. The molecule has 1 saturated heterocycles. The van der Waals surface area contributed by atoms with Gasteiger partial charge in [-0.05, 0) is 18.8 Å². The van der Waals surface area contributed by atoms with Crippen molar-refractivity contribution >= 4 is 5.78 Å². The summed E-state index contributed by atoms with van der Waals surface area (Å²) < 4.78 is 11.9. The number of allylic oxidation sites excluding steroid dienone is 1. The van der Waals surface area contributed by atoms with Crippen molar-refractivity contribution in [2.24, 2.45) is 23.2 Å².